The number of amides is 2. The summed E-state index contributed by atoms with van der Waals surface area (Å²) in [5.74, 6) is -0.855. The fraction of sp³-hybridized carbons (Fsp3) is 0.632. The van der Waals surface area contributed by atoms with Gasteiger partial charge in [0.05, 0.1) is 24.1 Å². The minimum atomic E-state index is -0.479. The van der Waals surface area contributed by atoms with Crippen LogP contribution in [0, 0.1) is 5.92 Å². The van der Waals surface area contributed by atoms with Gasteiger partial charge in [-0.2, -0.15) is 0 Å². The van der Waals surface area contributed by atoms with Crippen LogP contribution in [0.2, 0.25) is 0 Å². The van der Waals surface area contributed by atoms with Crippen molar-refractivity contribution in [1.29, 1.82) is 0 Å². The number of nitrogens with one attached hydrogen (secondary N) is 1. The molecule has 2 heterocycles. The van der Waals surface area contributed by atoms with Crippen molar-refractivity contribution >= 4 is 34.1 Å². The van der Waals surface area contributed by atoms with Crippen molar-refractivity contribution in [2.75, 3.05) is 25.0 Å². The quantitative estimate of drug-likeness (QED) is 0.719. The molecule has 1 aliphatic carbocycles. The van der Waals surface area contributed by atoms with Crippen LogP contribution >= 0.6 is 11.3 Å². The van der Waals surface area contributed by atoms with Gasteiger partial charge in [-0.1, -0.05) is 0 Å². The van der Waals surface area contributed by atoms with Gasteiger partial charge >= 0.3 is 5.97 Å². The molecule has 3 N–H and O–H groups in total. The summed E-state index contributed by atoms with van der Waals surface area (Å²) in [6, 6.07) is -0.342. The molecule has 1 saturated heterocycles. The molecule has 1 fully saturated rings. The number of anilines is 1. The predicted octanol–water partition coefficient (Wildman–Crippen LogP) is 1.94. The minimum Gasteiger partial charge on any atom is -0.466 e. The zero-order chi connectivity index (χ0) is 19.6. The number of hydrogen-bond donors (Lipinski definition) is 2. The summed E-state index contributed by atoms with van der Waals surface area (Å²) in [6.07, 6.45) is 4.19. The van der Waals surface area contributed by atoms with E-state index in [1.54, 1.807) is 6.92 Å². The van der Waals surface area contributed by atoms with Gasteiger partial charge in [-0.15, -0.1) is 11.3 Å². The fourth-order valence-electron chi connectivity index (χ4n) is 3.92. The SMILES string of the molecule is CCOC(=O)C1CCN(C(C)C(=O)Nc2sc3c(c2C(N)=O)CCC3)CC1. The van der Waals surface area contributed by atoms with Gasteiger partial charge in [-0.25, -0.2) is 0 Å². The van der Waals surface area contributed by atoms with Gasteiger partial charge in [-0.3, -0.25) is 19.3 Å². The van der Waals surface area contributed by atoms with Crippen LogP contribution in [0.3, 0.4) is 0 Å². The molecule has 0 saturated carbocycles. The molecule has 0 aromatic carbocycles. The molecule has 2 amide bonds. The molecule has 0 spiro atoms. The Balaban J connectivity index is 1.61. The normalized spacial score (nSPS) is 18.7. The summed E-state index contributed by atoms with van der Waals surface area (Å²) < 4.78 is 5.09. The van der Waals surface area contributed by atoms with Crippen LogP contribution < -0.4 is 11.1 Å². The number of esters is 1. The highest BCUT2D eigenvalue weighted by Gasteiger charge is 2.32. The Labute approximate surface area is 163 Å². The Morgan fingerprint density at radius 3 is 2.63 bits per heavy atom. The molecule has 7 nitrogen and oxygen atoms in total. The highest BCUT2D eigenvalue weighted by molar-refractivity contribution is 7.17. The van der Waals surface area contributed by atoms with Crippen LogP contribution in [0.4, 0.5) is 5.00 Å². The second kappa shape index (κ2) is 8.39. The summed E-state index contributed by atoms with van der Waals surface area (Å²) in [6.45, 7) is 5.39. The Morgan fingerprint density at radius 1 is 1.30 bits per heavy atom. The number of hydrogen-bond acceptors (Lipinski definition) is 6. The van der Waals surface area contributed by atoms with Crippen LogP contribution in [0.5, 0.6) is 0 Å². The topological polar surface area (TPSA) is 102 Å². The number of primary amides is 1. The molecule has 1 aliphatic heterocycles. The van der Waals surface area contributed by atoms with Crippen LogP contribution in [-0.4, -0.2) is 48.4 Å². The summed E-state index contributed by atoms with van der Waals surface area (Å²) >= 11 is 1.47. The van der Waals surface area contributed by atoms with E-state index < -0.39 is 5.91 Å². The number of piperidine rings is 1. The summed E-state index contributed by atoms with van der Waals surface area (Å²) in [4.78, 5) is 39.7. The lowest BCUT2D eigenvalue weighted by atomic mass is 9.96. The van der Waals surface area contributed by atoms with E-state index in [0.29, 0.717) is 43.1 Å². The maximum atomic E-state index is 12.7. The molecule has 3 rings (SSSR count). The molecule has 1 unspecified atom stereocenters. The first-order chi connectivity index (χ1) is 12.9. The van der Waals surface area contributed by atoms with Gasteiger partial charge in [0.1, 0.15) is 5.00 Å². The number of ether oxygens (including phenoxy) is 1. The number of carbonyl (C=O) groups excluding carboxylic acids is 3. The highest BCUT2D eigenvalue weighted by atomic mass is 32.1. The maximum absolute atomic E-state index is 12.7. The molecule has 8 heteroatoms. The number of rotatable bonds is 6. The van der Waals surface area contributed by atoms with Gasteiger partial charge in [0.2, 0.25) is 5.91 Å². The zero-order valence-electron chi connectivity index (χ0n) is 15.9. The number of nitrogens with zero attached hydrogens (tertiary/aromatic N) is 1. The average Bonchev–Trinajstić information content (AvgIpc) is 3.21. The predicted molar refractivity (Wildman–Crippen MR) is 104 cm³/mol. The van der Waals surface area contributed by atoms with Crippen LogP contribution in [0.15, 0.2) is 0 Å². The lowest BCUT2D eigenvalue weighted by Crippen LogP contribution is -2.47. The largest absolute Gasteiger partial charge is 0.466 e. The van der Waals surface area contributed by atoms with Crippen molar-refractivity contribution in [2.45, 2.75) is 52.0 Å². The highest BCUT2D eigenvalue weighted by Crippen LogP contribution is 2.39. The molecule has 2 aliphatic rings. The number of nitrogens with two attached hydrogens (primary N) is 1. The van der Waals surface area contributed by atoms with Gasteiger partial charge in [-0.05, 0) is 64.6 Å². The van der Waals surface area contributed by atoms with E-state index in [2.05, 4.69) is 10.2 Å². The van der Waals surface area contributed by atoms with Gasteiger partial charge in [0, 0.05) is 4.88 Å². The minimum absolute atomic E-state index is 0.0850. The first kappa shape index (κ1) is 19.8. The summed E-state index contributed by atoms with van der Waals surface area (Å²) in [5, 5.41) is 3.49. The second-order valence-electron chi connectivity index (χ2n) is 7.15. The molecule has 1 aromatic heterocycles. The van der Waals surface area contributed by atoms with Crippen molar-refractivity contribution < 1.29 is 19.1 Å². The van der Waals surface area contributed by atoms with Crippen molar-refractivity contribution in [1.82, 2.24) is 4.90 Å². The number of thiophene rings is 1. The van der Waals surface area contributed by atoms with Crippen molar-refractivity contribution in [2.24, 2.45) is 11.7 Å². The van der Waals surface area contributed by atoms with E-state index in [0.717, 1.165) is 29.7 Å². The van der Waals surface area contributed by atoms with Crippen LogP contribution in [-0.2, 0) is 27.2 Å². The molecule has 148 valence electrons. The van der Waals surface area contributed by atoms with E-state index in [4.69, 9.17) is 10.5 Å². The standard InChI is InChI=1S/C19H27N3O4S/c1-3-26-19(25)12-7-9-22(10-8-12)11(2)17(24)21-18-15(16(20)23)13-5-4-6-14(13)27-18/h11-12H,3-10H2,1-2H3,(H2,20,23)(H,21,24). The Morgan fingerprint density at radius 2 is 2.00 bits per heavy atom. The molecule has 1 atom stereocenters. The summed E-state index contributed by atoms with van der Waals surface area (Å²) in [7, 11) is 0. The van der Waals surface area contributed by atoms with E-state index in [1.807, 2.05) is 6.92 Å². The smallest absolute Gasteiger partial charge is 0.309 e. The third-order valence-corrected chi connectivity index (χ3v) is 6.69. The maximum Gasteiger partial charge on any atom is 0.309 e. The van der Waals surface area contributed by atoms with E-state index >= 15 is 0 Å². The number of fused-ring (bicyclic) bond motifs is 1. The number of likely N-dealkylation sites (tertiary alicyclic amines) is 1. The monoisotopic (exact) mass is 393 g/mol. The van der Waals surface area contributed by atoms with Crippen LogP contribution in [0.25, 0.3) is 0 Å². The first-order valence-electron chi connectivity index (χ1n) is 9.58. The molecule has 1 aromatic rings. The molecular formula is C19H27N3O4S. The second-order valence-corrected chi connectivity index (χ2v) is 8.26. The fourth-order valence-corrected chi connectivity index (χ4v) is 5.22. The Hall–Kier alpha value is -1.93. The van der Waals surface area contributed by atoms with Crippen molar-refractivity contribution in [3.8, 4) is 0 Å². The average molecular weight is 394 g/mol. The van der Waals surface area contributed by atoms with Crippen molar-refractivity contribution in [3.63, 3.8) is 0 Å². The van der Waals surface area contributed by atoms with E-state index in [1.165, 1.54) is 11.3 Å². The Bertz CT molecular complexity index is 738. The van der Waals surface area contributed by atoms with Crippen molar-refractivity contribution in [3.05, 3.63) is 16.0 Å². The molecule has 0 radical (unpaired) electrons. The first-order valence-corrected chi connectivity index (χ1v) is 10.4. The van der Waals surface area contributed by atoms with Gasteiger partial charge in [0.15, 0.2) is 0 Å². The van der Waals surface area contributed by atoms with E-state index in [9.17, 15) is 14.4 Å². The van der Waals surface area contributed by atoms with Gasteiger partial charge in [0.25, 0.3) is 5.91 Å². The van der Waals surface area contributed by atoms with E-state index in [-0.39, 0.29) is 23.8 Å². The third-order valence-electron chi connectivity index (χ3n) is 5.48. The Kier molecular flexibility index (Phi) is 6.16. The number of aryl methyl sites for hydroxylation is 1. The van der Waals surface area contributed by atoms with Gasteiger partial charge < -0.3 is 15.8 Å². The number of carbonyl (C=O) groups is 3. The molecule has 0 bridgehead atoms. The third kappa shape index (κ3) is 4.16. The molecule has 27 heavy (non-hydrogen) atoms. The zero-order valence-corrected chi connectivity index (χ0v) is 16.7. The molecular weight excluding hydrogens is 366 g/mol. The van der Waals surface area contributed by atoms with Crippen LogP contribution in [0.1, 0.15) is 53.9 Å². The lowest BCUT2D eigenvalue weighted by Gasteiger charge is -2.34. The summed E-state index contributed by atoms with van der Waals surface area (Å²) in [5.41, 5.74) is 7.04. The lowest BCUT2D eigenvalue weighted by molar-refractivity contribution is -0.149.